The molecule has 0 saturated heterocycles. The maximum absolute atomic E-state index is 12.9. The Morgan fingerprint density at radius 1 is 1.16 bits per heavy atom. The summed E-state index contributed by atoms with van der Waals surface area (Å²) in [7, 11) is 0. The lowest BCUT2D eigenvalue weighted by Crippen LogP contribution is -2.32. The van der Waals surface area contributed by atoms with E-state index in [-0.39, 0.29) is 18.9 Å². The van der Waals surface area contributed by atoms with Crippen LogP contribution in [0.2, 0.25) is 5.02 Å². The Kier molecular flexibility index (Phi) is 6.69. The summed E-state index contributed by atoms with van der Waals surface area (Å²) in [5, 5.41) is 11.4. The molecule has 0 radical (unpaired) electrons. The van der Waals surface area contributed by atoms with Crippen LogP contribution in [0.5, 0.6) is 0 Å². The van der Waals surface area contributed by atoms with E-state index in [4.69, 9.17) is 16.0 Å². The molecular formula is C22H20ClN5O2S. The second kappa shape index (κ2) is 9.80. The third-order valence-corrected chi connectivity index (χ3v) is 5.75. The molecule has 0 aliphatic heterocycles. The number of aromatic nitrogens is 4. The van der Waals surface area contributed by atoms with Crippen molar-refractivity contribution in [1.82, 2.24) is 25.1 Å². The second-order valence-electron chi connectivity index (χ2n) is 6.83. The zero-order valence-corrected chi connectivity index (χ0v) is 18.4. The molecule has 0 N–H and O–H groups in total. The Hall–Kier alpha value is -3.10. The number of carbonyl (C=O) groups excluding carboxylic acids is 1. The predicted molar refractivity (Wildman–Crippen MR) is 120 cm³/mol. The number of nitrogens with zero attached hydrogens (tertiary/aromatic N) is 5. The lowest BCUT2D eigenvalue weighted by molar-refractivity contribution is -0.131. The molecule has 0 saturated carbocycles. The molecule has 9 heteroatoms. The van der Waals surface area contributed by atoms with Crippen LogP contribution in [0.4, 0.5) is 0 Å². The standard InChI is InChI=1S/C22H20ClN5O2S/c1-2-11-28(13-19-26-27-21(30-19)16-7-3-4-8-17(16)23)20(29)12-15-14-31-22(25-15)18-9-5-6-10-24-18/h3-10,14H,2,11-13H2,1H3. The van der Waals surface area contributed by atoms with Crippen LogP contribution in [0.25, 0.3) is 22.2 Å². The van der Waals surface area contributed by atoms with Crippen LogP contribution >= 0.6 is 22.9 Å². The van der Waals surface area contributed by atoms with Gasteiger partial charge in [0.05, 0.1) is 34.9 Å². The number of benzene rings is 1. The molecule has 3 aromatic heterocycles. The van der Waals surface area contributed by atoms with Crippen LogP contribution < -0.4 is 0 Å². The highest BCUT2D eigenvalue weighted by atomic mass is 35.5. The maximum Gasteiger partial charge on any atom is 0.249 e. The number of carbonyl (C=O) groups is 1. The van der Waals surface area contributed by atoms with Gasteiger partial charge < -0.3 is 9.32 Å². The highest BCUT2D eigenvalue weighted by molar-refractivity contribution is 7.13. The van der Waals surface area contributed by atoms with Gasteiger partial charge in [-0.15, -0.1) is 21.5 Å². The summed E-state index contributed by atoms with van der Waals surface area (Å²) in [5.74, 6) is 0.658. The van der Waals surface area contributed by atoms with Gasteiger partial charge >= 0.3 is 0 Å². The van der Waals surface area contributed by atoms with E-state index in [1.165, 1.54) is 11.3 Å². The normalized spacial score (nSPS) is 10.9. The third kappa shape index (κ3) is 5.15. The van der Waals surface area contributed by atoms with E-state index in [1.54, 1.807) is 17.2 Å². The predicted octanol–water partition coefficient (Wildman–Crippen LogP) is 4.89. The van der Waals surface area contributed by atoms with Crippen molar-refractivity contribution in [3.05, 3.63) is 70.6 Å². The van der Waals surface area contributed by atoms with Gasteiger partial charge in [0.2, 0.25) is 17.7 Å². The van der Waals surface area contributed by atoms with E-state index >= 15 is 0 Å². The van der Waals surface area contributed by atoms with Crippen molar-refractivity contribution in [2.45, 2.75) is 26.3 Å². The van der Waals surface area contributed by atoms with Gasteiger partial charge in [0.1, 0.15) is 5.01 Å². The summed E-state index contributed by atoms with van der Waals surface area (Å²) < 4.78 is 5.77. The summed E-state index contributed by atoms with van der Waals surface area (Å²) in [6.07, 6.45) is 2.74. The van der Waals surface area contributed by atoms with E-state index in [9.17, 15) is 4.79 Å². The highest BCUT2D eigenvalue weighted by Gasteiger charge is 2.20. The van der Waals surface area contributed by atoms with Gasteiger partial charge in [-0.2, -0.15) is 0 Å². The van der Waals surface area contributed by atoms with E-state index < -0.39 is 0 Å². The second-order valence-corrected chi connectivity index (χ2v) is 8.10. The molecule has 1 aromatic carbocycles. The molecule has 1 amide bonds. The molecule has 0 unspecified atom stereocenters. The molecule has 0 aliphatic carbocycles. The molecular weight excluding hydrogens is 434 g/mol. The van der Waals surface area contributed by atoms with E-state index in [0.29, 0.717) is 28.9 Å². The molecule has 0 bridgehead atoms. The Morgan fingerprint density at radius 3 is 2.77 bits per heavy atom. The van der Waals surface area contributed by atoms with Crippen molar-refractivity contribution in [3.63, 3.8) is 0 Å². The van der Waals surface area contributed by atoms with E-state index in [1.807, 2.05) is 48.7 Å². The Morgan fingerprint density at radius 2 is 2.00 bits per heavy atom. The van der Waals surface area contributed by atoms with Crippen molar-refractivity contribution in [2.24, 2.45) is 0 Å². The summed E-state index contributed by atoms with van der Waals surface area (Å²) in [6, 6.07) is 12.9. The lowest BCUT2D eigenvalue weighted by Gasteiger charge is -2.19. The number of hydrogen-bond donors (Lipinski definition) is 0. The van der Waals surface area contributed by atoms with Gasteiger partial charge in [-0.05, 0) is 30.7 Å². The van der Waals surface area contributed by atoms with Crippen LogP contribution in [0.1, 0.15) is 24.9 Å². The minimum atomic E-state index is -0.0442. The first-order valence-electron chi connectivity index (χ1n) is 9.85. The highest BCUT2D eigenvalue weighted by Crippen LogP contribution is 2.26. The molecule has 3 heterocycles. The molecule has 31 heavy (non-hydrogen) atoms. The zero-order chi connectivity index (χ0) is 21.6. The van der Waals surface area contributed by atoms with Crippen LogP contribution in [0.3, 0.4) is 0 Å². The van der Waals surface area contributed by atoms with Crippen LogP contribution in [-0.2, 0) is 17.8 Å². The van der Waals surface area contributed by atoms with Gasteiger partial charge in [0.15, 0.2) is 0 Å². The molecule has 158 valence electrons. The van der Waals surface area contributed by atoms with E-state index in [0.717, 1.165) is 22.8 Å². The van der Waals surface area contributed by atoms with Gasteiger partial charge in [-0.25, -0.2) is 4.98 Å². The summed E-state index contributed by atoms with van der Waals surface area (Å²) in [4.78, 5) is 23.5. The zero-order valence-electron chi connectivity index (χ0n) is 16.9. The summed E-state index contributed by atoms with van der Waals surface area (Å²) >= 11 is 7.69. The first-order valence-corrected chi connectivity index (χ1v) is 11.1. The smallest absolute Gasteiger partial charge is 0.249 e. The first kappa shape index (κ1) is 21.1. The van der Waals surface area contributed by atoms with Gasteiger partial charge in [0.25, 0.3) is 0 Å². The third-order valence-electron chi connectivity index (χ3n) is 4.51. The van der Waals surface area contributed by atoms with Crippen molar-refractivity contribution >= 4 is 28.8 Å². The maximum atomic E-state index is 12.9. The fraction of sp³-hybridized carbons (Fsp3) is 0.227. The minimum Gasteiger partial charge on any atom is -0.419 e. The number of amides is 1. The first-order chi connectivity index (χ1) is 15.1. The summed E-state index contributed by atoms with van der Waals surface area (Å²) in [6.45, 7) is 2.84. The van der Waals surface area contributed by atoms with Gasteiger partial charge in [-0.1, -0.05) is 36.7 Å². The largest absolute Gasteiger partial charge is 0.419 e. The fourth-order valence-corrected chi connectivity index (χ4v) is 4.06. The average Bonchev–Trinajstić information content (AvgIpc) is 3.44. The minimum absolute atomic E-state index is 0.0442. The SMILES string of the molecule is CCCN(Cc1nnc(-c2ccccc2Cl)o1)C(=O)Cc1csc(-c2ccccn2)n1. The van der Waals surface area contributed by atoms with Crippen molar-refractivity contribution in [3.8, 4) is 22.2 Å². The summed E-state index contributed by atoms with van der Waals surface area (Å²) in [5.41, 5.74) is 2.19. The Balaban J connectivity index is 1.45. The topological polar surface area (TPSA) is 85.0 Å². The molecule has 4 aromatic rings. The average molecular weight is 454 g/mol. The molecule has 0 aliphatic rings. The quantitative estimate of drug-likeness (QED) is 0.377. The Labute approximate surface area is 188 Å². The Bertz CT molecular complexity index is 1160. The van der Waals surface area contributed by atoms with Crippen LogP contribution in [0, 0.1) is 0 Å². The fourth-order valence-electron chi connectivity index (χ4n) is 3.05. The number of hydrogen-bond acceptors (Lipinski definition) is 7. The van der Waals surface area contributed by atoms with Crippen molar-refractivity contribution in [2.75, 3.05) is 6.54 Å². The molecule has 4 rings (SSSR count). The van der Waals surface area contributed by atoms with E-state index in [2.05, 4.69) is 20.2 Å². The molecule has 0 spiro atoms. The van der Waals surface area contributed by atoms with Gasteiger partial charge in [-0.3, -0.25) is 9.78 Å². The number of thiazole rings is 1. The van der Waals surface area contributed by atoms with Crippen LogP contribution in [0.15, 0.2) is 58.5 Å². The van der Waals surface area contributed by atoms with Crippen molar-refractivity contribution < 1.29 is 9.21 Å². The molecule has 0 fully saturated rings. The lowest BCUT2D eigenvalue weighted by atomic mass is 10.2. The monoisotopic (exact) mass is 453 g/mol. The number of halogens is 1. The van der Waals surface area contributed by atoms with Crippen LogP contribution in [-0.4, -0.2) is 37.5 Å². The molecule has 7 nitrogen and oxygen atoms in total. The van der Waals surface area contributed by atoms with Crippen molar-refractivity contribution in [1.29, 1.82) is 0 Å². The number of rotatable bonds is 8. The van der Waals surface area contributed by atoms with Gasteiger partial charge in [0, 0.05) is 18.1 Å². The number of pyridine rings is 1. The molecule has 0 atom stereocenters.